The van der Waals surface area contributed by atoms with Crippen LogP contribution in [0, 0.1) is 0 Å². The van der Waals surface area contributed by atoms with Crippen molar-refractivity contribution in [2.24, 2.45) is 0 Å². The minimum absolute atomic E-state index is 0.110. The van der Waals surface area contributed by atoms with E-state index >= 15 is 0 Å². The summed E-state index contributed by atoms with van der Waals surface area (Å²) in [4.78, 5) is 2.85. The molecule has 0 fully saturated rings. The van der Waals surface area contributed by atoms with Crippen molar-refractivity contribution in [1.29, 1.82) is 0 Å². The Morgan fingerprint density at radius 3 is 0.875 bits per heavy atom. The first kappa shape index (κ1) is 28.5. The average Bonchev–Trinajstić information content (AvgIpc) is 2.79. The molecule has 14 heteroatoms. The summed E-state index contributed by atoms with van der Waals surface area (Å²) in [5.74, 6) is 0. The summed E-state index contributed by atoms with van der Waals surface area (Å²) >= 11 is 62.1. The van der Waals surface area contributed by atoms with E-state index in [2.05, 4.69) is 0 Å². The molecule has 0 N–H and O–H groups in total. The molecule has 0 aliphatic heterocycles. The van der Waals surface area contributed by atoms with Crippen molar-refractivity contribution < 1.29 is 0 Å². The molecule has 0 atom stereocenters. The summed E-state index contributed by atoms with van der Waals surface area (Å²) in [7, 11) is 5.44. The first-order valence-corrected chi connectivity index (χ1v) is 15.9. The molecule has 0 radical (unpaired) electrons. The number of hydrogen-bond donors (Lipinski definition) is 0. The highest BCUT2D eigenvalue weighted by molar-refractivity contribution is 8.78. The van der Waals surface area contributed by atoms with Gasteiger partial charge in [-0.1, -0.05) is 150 Å². The molecule has 0 nitrogen and oxygen atoms in total. The number of benzene rings is 3. The van der Waals surface area contributed by atoms with Crippen LogP contribution >= 0.6 is 159 Å². The van der Waals surface area contributed by atoms with Gasteiger partial charge in [-0.3, -0.25) is 0 Å². The summed E-state index contributed by atoms with van der Waals surface area (Å²) in [5, 5.41) is 1.71. The second-order valence-corrected chi connectivity index (χ2v) is 13.7. The van der Waals surface area contributed by atoms with E-state index in [4.69, 9.17) is 116 Å². The molecule has 0 spiro atoms. The molecule has 0 aliphatic carbocycles. The van der Waals surface area contributed by atoms with Crippen molar-refractivity contribution in [3.8, 4) is 0 Å². The Labute approximate surface area is 250 Å². The van der Waals surface area contributed by atoms with Crippen LogP contribution in [0.25, 0.3) is 0 Å². The lowest BCUT2D eigenvalue weighted by molar-refractivity contribution is 1.27. The largest absolute Gasteiger partial charge is 0.0813 e. The lowest BCUT2D eigenvalue weighted by Gasteiger charge is -2.14. The number of rotatable bonds is 6. The second-order valence-electron chi connectivity index (χ2n) is 5.58. The van der Waals surface area contributed by atoms with Crippen LogP contribution in [0.4, 0.5) is 0 Å². The van der Waals surface area contributed by atoms with Gasteiger partial charge in [0.2, 0.25) is 0 Å². The van der Waals surface area contributed by atoms with Crippen molar-refractivity contribution >= 4 is 159 Å². The zero-order valence-corrected chi connectivity index (χ0v) is 25.5. The van der Waals surface area contributed by atoms with Crippen LogP contribution in [-0.2, 0) is 0 Å². The highest BCUT2D eigenvalue weighted by atomic mass is 35.5. The minimum atomic E-state index is 0.110. The Bertz CT molecular complexity index is 1050. The van der Waals surface area contributed by atoms with Crippen LogP contribution in [0.1, 0.15) is 0 Å². The van der Waals surface area contributed by atoms with Gasteiger partial charge in [0.05, 0.1) is 60.0 Å². The van der Waals surface area contributed by atoms with Gasteiger partial charge in [-0.05, 0) is 33.7 Å². The fraction of sp³-hybridized carbons (Fsp3) is 0. The number of halogens is 10. The number of hydrogen-bond acceptors (Lipinski definition) is 4. The van der Waals surface area contributed by atoms with Crippen LogP contribution in [0.15, 0.2) is 43.8 Å². The lowest BCUT2D eigenvalue weighted by Crippen LogP contribution is -1.84. The maximum atomic E-state index is 6.33. The smallest absolute Gasteiger partial charge is 0.0809 e. The van der Waals surface area contributed by atoms with Gasteiger partial charge in [0, 0.05) is 9.79 Å². The topological polar surface area (TPSA) is 0 Å². The van der Waals surface area contributed by atoms with Crippen molar-refractivity contribution in [1.82, 2.24) is 0 Å². The molecule has 0 bridgehead atoms. The third kappa shape index (κ3) is 6.08. The maximum Gasteiger partial charge on any atom is 0.0809 e. The van der Waals surface area contributed by atoms with E-state index in [9.17, 15) is 0 Å². The van der Waals surface area contributed by atoms with Gasteiger partial charge in [0.15, 0.2) is 0 Å². The third-order valence-electron chi connectivity index (χ3n) is 3.62. The zero-order chi connectivity index (χ0) is 23.7. The summed E-state index contributed by atoms with van der Waals surface area (Å²) in [6.45, 7) is 0. The first-order chi connectivity index (χ1) is 15.1. The molecular formula is C18H4Cl10S4. The molecule has 0 aliphatic rings. The van der Waals surface area contributed by atoms with E-state index in [-0.39, 0.29) is 50.2 Å². The molecule has 0 aromatic heterocycles. The van der Waals surface area contributed by atoms with E-state index in [0.717, 1.165) is 9.79 Å². The Balaban J connectivity index is 1.85. The summed E-state index contributed by atoms with van der Waals surface area (Å²) in [6, 6.07) is 7.68. The van der Waals surface area contributed by atoms with E-state index in [1.54, 1.807) is 0 Å². The van der Waals surface area contributed by atoms with E-state index in [1.165, 1.54) is 43.2 Å². The van der Waals surface area contributed by atoms with Crippen LogP contribution in [0.5, 0.6) is 0 Å². The predicted octanol–water partition coefficient (Wildman–Crippen LogP) is 13.8. The Kier molecular flexibility index (Phi) is 11.1. The maximum absolute atomic E-state index is 6.33. The highest BCUT2D eigenvalue weighted by Crippen LogP contribution is 2.55. The summed E-state index contributed by atoms with van der Waals surface area (Å²) in [5.41, 5.74) is 0. The Hall–Kier alpha value is 1.96. The molecule has 32 heavy (non-hydrogen) atoms. The Morgan fingerprint density at radius 2 is 0.594 bits per heavy atom. The molecule has 3 aromatic rings. The van der Waals surface area contributed by atoms with Crippen molar-refractivity contribution in [2.75, 3.05) is 0 Å². The molecule has 0 saturated heterocycles. The van der Waals surface area contributed by atoms with Gasteiger partial charge in [-0.2, -0.15) is 0 Å². The van der Waals surface area contributed by atoms with E-state index < -0.39 is 0 Å². The average molecular weight is 703 g/mol. The lowest BCUT2D eigenvalue weighted by atomic mass is 10.3. The predicted molar refractivity (Wildman–Crippen MR) is 153 cm³/mol. The molecule has 170 valence electrons. The fourth-order valence-electron chi connectivity index (χ4n) is 2.08. The molecule has 0 amide bonds. The quantitative estimate of drug-likeness (QED) is 0.142. The molecule has 3 aromatic carbocycles. The van der Waals surface area contributed by atoms with Gasteiger partial charge in [0.1, 0.15) is 0 Å². The van der Waals surface area contributed by atoms with Gasteiger partial charge < -0.3 is 0 Å². The first-order valence-electron chi connectivity index (χ1n) is 7.87. The highest BCUT2D eigenvalue weighted by Gasteiger charge is 2.22. The van der Waals surface area contributed by atoms with E-state index in [0.29, 0.717) is 9.79 Å². The second kappa shape index (κ2) is 12.5. The van der Waals surface area contributed by atoms with Crippen molar-refractivity contribution in [2.45, 2.75) is 19.6 Å². The monoisotopic (exact) mass is 698 g/mol. The zero-order valence-electron chi connectivity index (χ0n) is 14.7. The molecule has 0 saturated carbocycles. The SMILES string of the molecule is Clc1c(Cl)c(Cl)c(SSc2ccccc2SSc2c(Cl)c(Cl)c(Cl)c(Cl)c2Cl)c(Cl)c1Cl. The van der Waals surface area contributed by atoms with Gasteiger partial charge in [0.25, 0.3) is 0 Å². The van der Waals surface area contributed by atoms with Gasteiger partial charge in [-0.15, -0.1) is 0 Å². The fourth-order valence-corrected chi connectivity index (χ4v) is 10.7. The van der Waals surface area contributed by atoms with Crippen LogP contribution in [0.2, 0.25) is 50.2 Å². The molecular weight excluding hydrogens is 699 g/mol. The van der Waals surface area contributed by atoms with Gasteiger partial charge >= 0.3 is 0 Å². The van der Waals surface area contributed by atoms with E-state index in [1.807, 2.05) is 24.3 Å². The minimum Gasteiger partial charge on any atom is -0.0813 e. The third-order valence-corrected chi connectivity index (χ3v) is 13.7. The van der Waals surface area contributed by atoms with Crippen LogP contribution in [0.3, 0.4) is 0 Å². The Morgan fingerprint density at radius 1 is 0.344 bits per heavy atom. The molecule has 3 rings (SSSR count). The molecule has 0 heterocycles. The van der Waals surface area contributed by atoms with Gasteiger partial charge in [-0.25, -0.2) is 0 Å². The standard InChI is InChI=1S/C18H4Cl10S4/c19-7-9(21)13(25)17(14(26)10(7)22)31-29-5-3-1-2-4-6(5)30-32-18-15(27)11(23)8(20)12(24)16(18)28/h1-4H. The van der Waals surface area contributed by atoms with Crippen molar-refractivity contribution in [3.63, 3.8) is 0 Å². The van der Waals surface area contributed by atoms with Crippen LogP contribution in [-0.4, -0.2) is 0 Å². The summed E-state index contributed by atoms with van der Waals surface area (Å²) < 4.78 is 0. The molecule has 0 unspecified atom stereocenters. The van der Waals surface area contributed by atoms with Crippen molar-refractivity contribution in [3.05, 3.63) is 74.5 Å². The normalized spacial score (nSPS) is 11.3. The van der Waals surface area contributed by atoms with Crippen LogP contribution < -0.4 is 0 Å². The summed E-state index contributed by atoms with van der Waals surface area (Å²) in [6.07, 6.45) is 0.